The van der Waals surface area contributed by atoms with Crippen LogP contribution in [0.1, 0.15) is 21.6 Å². The van der Waals surface area contributed by atoms with Crippen LogP contribution in [0.4, 0.5) is 10.1 Å². The van der Waals surface area contributed by atoms with E-state index < -0.39 is 0 Å². The Balaban J connectivity index is 1.51. The Kier molecular flexibility index (Phi) is 5.88. The van der Waals surface area contributed by atoms with E-state index in [0.29, 0.717) is 25.2 Å². The smallest absolute Gasteiger partial charge is 0.269 e. The molecule has 0 aliphatic rings. The third-order valence-electron chi connectivity index (χ3n) is 3.85. The molecule has 0 bridgehead atoms. The van der Waals surface area contributed by atoms with Gasteiger partial charge in [0.1, 0.15) is 11.5 Å². The number of aromatic nitrogens is 2. The first-order valence-corrected chi connectivity index (χ1v) is 8.32. The zero-order chi connectivity index (χ0) is 18.2. The number of carbonyl (C=O) groups is 1. The number of nitrogens with zero attached hydrogens (tertiary/aromatic N) is 2. The average molecular weight is 350 g/mol. The quantitative estimate of drug-likeness (QED) is 0.687. The second kappa shape index (κ2) is 8.71. The number of halogens is 1. The van der Waals surface area contributed by atoms with Crippen LogP contribution in [0, 0.1) is 5.82 Å². The molecular formula is C20H19FN4O. The third kappa shape index (κ3) is 5.11. The van der Waals surface area contributed by atoms with Crippen molar-refractivity contribution >= 4 is 11.6 Å². The third-order valence-corrected chi connectivity index (χ3v) is 3.85. The first-order chi connectivity index (χ1) is 12.7. The largest absolute Gasteiger partial charge is 0.381 e. The van der Waals surface area contributed by atoms with E-state index in [1.54, 1.807) is 36.8 Å². The van der Waals surface area contributed by atoms with Gasteiger partial charge in [-0.2, -0.15) is 0 Å². The fourth-order valence-corrected chi connectivity index (χ4v) is 2.43. The van der Waals surface area contributed by atoms with Gasteiger partial charge in [-0.3, -0.25) is 14.8 Å². The number of benzene rings is 1. The van der Waals surface area contributed by atoms with Crippen LogP contribution in [-0.2, 0) is 13.0 Å². The molecule has 0 atom stereocenters. The van der Waals surface area contributed by atoms with Crippen molar-refractivity contribution < 1.29 is 9.18 Å². The minimum atomic E-state index is -0.266. The molecule has 0 spiro atoms. The number of anilines is 1. The van der Waals surface area contributed by atoms with Crippen molar-refractivity contribution in [3.8, 4) is 0 Å². The molecule has 5 nitrogen and oxygen atoms in total. The Labute approximate surface area is 151 Å². The molecule has 0 saturated carbocycles. The molecule has 2 aromatic heterocycles. The summed E-state index contributed by atoms with van der Waals surface area (Å²) in [6.07, 6.45) is 5.71. The first-order valence-electron chi connectivity index (χ1n) is 8.32. The number of amides is 1. The lowest BCUT2D eigenvalue weighted by molar-refractivity contribution is 0.0949. The van der Waals surface area contributed by atoms with Crippen LogP contribution in [0.5, 0.6) is 0 Å². The molecule has 0 radical (unpaired) electrons. The summed E-state index contributed by atoms with van der Waals surface area (Å²) in [5, 5.41) is 6.09. The minimum Gasteiger partial charge on any atom is -0.381 e. The van der Waals surface area contributed by atoms with Crippen LogP contribution in [0.15, 0.2) is 67.1 Å². The van der Waals surface area contributed by atoms with Crippen LogP contribution >= 0.6 is 0 Å². The van der Waals surface area contributed by atoms with Gasteiger partial charge >= 0.3 is 0 Å². The van der Waals surface area contributed by atoms with Gasteiger partial charge < -0.3 is 10.6 Å². The first kappa shape index (κ1) is 17.5. The monoisotopic (exact) mass is 350 g/mol. The summed E-state index contributed by atoms with van der Waals surface area (Å²) >= 11 is 0. The molecule has 26 heavy (non-hydrogen) atoms. The molecule has 3 aromatic rings. The highest BCUT2D eigenvalue weighted by molar-refractivity contribution is 5.93. The Bertz CT molecular complexity index is 853. The number of carbonyl (C=O) groups excluding carboxylic acids is 1. The maximum absolute atomic E-state index is 12.9. The molecule has 0 aliphatic heterocycles. The molecule has 0 fully saturated rings. The molecule has 0 saturated heterocycles. The number of pyridine rings is 2. The summed E-state index contributed by atoms with van der Waals surface area (Å²) in [6.45, 7) is 1.10. The molecule has 6 heteroatoms. The van der Waals surface area contributed by atoms with Crippen molar-refractivity contribution in [2.24, 2.45) is 0 Å². The van der Waals surface area contributed by atoms with Crippen LogP contribution in [0.2, 0.25) is 0 Å². The summed E-state index contributed by atoms with van der Waals surface area (Å²) in [7, 11) is 0. The molecule has 2 N–H and O–H groups in total. The maximum Gasteiger partial charge on any atom is 0.269 e. The Hall–Kier alpha value is -3.28. The average Bonchev–Trinajstić information content (AvgIpc) is 2.69. The molecular weight excluding hydrogens is 331 g/mol. The van der Waals surface area contributed by atoms with E-state index in [2.05, 4.69) is 20.6 Å². The zero-order valence-corrected chi connectivity index (χ0v) is 14.2. The number of nitrogens with one attached hydrogen (secondary N) is 2. The lowest BCUT2D eigenvalue weighted by Crippen LogP contribution is -2.26. The van der Waals surface area contributed by atoms with Crippen LogP contribution in [0.25, 0.3) is 0 Å². The van der Waals surface area contributed by atoms with Gasteiger partial charge in [0.05, 0.1) is 0 Å². The fraction of sp³-hybridized carbons (Fsp3) is 0.150. The van der Waals surface area contributed by atoms with Crippen molar-refractivity contribution in [1.29, 1.82) is 0 Å². The molecule has 3 rings (SSSR count). The van der Waals surface area contributed by atoms with E-state index in [1.165, 1.54) is 12.1 Å². The summed E-state index contributed by atoms with van der Waals surface area (Å²) in [5.41, 5.74) is 3.24. The Morgan fingerprint density at radius 2 is 1.73 bits per heavy atom. The highest BCUT2D eigenvalue weighted by Gasteiger charge is 2.07. The number of hydrogen-bond acceptors (Lipinski definition) is 4. The molecule has 0 unspecified atom stereocenters. The van der Waals surface area contributed by atoms with Crippen molar-refractivity contribution in [3.05, 3.63) is 89.8 Å². The summed E-state index contributed by atoms with van der Waals surface area (Å²) in [6, 6.07) is 13.6. The van der Waals surface area contributed by atoms with Crippen molar-refractivity contribution in [1.82, 2.24) is 15.3 Å². The van der Waals surface area contributed by atoms with Gasteiger partial charge in [-0.05, 0) is 53.9 Å². The fourth-order valence-electron chi connectivity index (χ4n) is 2.43. The standard InChI is InChI=1S/C20H19FN4O/c21-17-3-1-15(2-4-17)7-11-24-20(26)19-13-18(8-12-23-19)25-14-16-5-9-22-10-6-16/h1-6,8-10,12-13H,7,11,14H2,(H,23,25)(H,24,26). The van der Waals surface area contributed by atoms with Crippen molar-refractivity contribution in [2.75, 3.05) is 11.9 Å². The SMILES string of the molecule is O=C(NCCc1ccc(F)cc1)c1cc(NCc2ccncc2)ccn1. The zero-order valence-electron chi connectivity index (χ0n) is 14.2. The van der Waals surface area contributed by atoms with E-state index in [0.717, 1.165) is 16.8 Å². The predicted octanol–water partition coefficient (Wildman–Crippen LogP) is 3.20. The highest BCUT2D eigenvalue weighted by atomic mass is 19.1. The lowest BCUT2D eigenvalue weighted by Gasteiger charge is -2.09. The van der Waals surface area contributed by atoms with Crippen molar-refractivity contribution in [3.63, 3.8) is 0 Å². The van der Waals surface area contributed by atoms with Gasteiger partial charge in [0.25, 0.3) is 5.91 Å². The van der Waals surface area contributed by atoms with E-state index in [9.17, 15) is 9.18 Å². The second-order valence-corrected chi connectivity index (χ2v) is 5.77. The van der Waals surface area contributed by atoms with Gasteiger partial charge in [0.15, 0.2) is 0 Å². The Morgan fingerprint density at radius 1 is 0.962 bits per heavy atom. The van der Waals surface area contributed by atoms with Gasteiger partial charge in [0, 0.05) is 37.4 Å². The van der Waals surface area contributed by atoms with Gasteiger partial charge in [-0.1, -0.05) is 12.1 Å². The summed E-state index contributed by atoms with van der Waals surface area (Å²) < 4.78 is 12.9. The van der Waals surface area contributed by atoms with Crippen molar-refractivity contribution in [2.45, 2.75) is 13.0 Å². The van der Waals surface area contributed by atoms with E-state index in [1.807, 2.05) is 18.2 Å². The molecule has 1 amide bonds. The van der Waals surface area contributed by atoms with Gasteiger partial charge in [-0.15, -0.1) is 0 Å². The second-order valence-electron chi connectivity index (χ2n) is 5.77. The molecule has 132 valence electrons. The van der Waals surface area contributed by atoms with E-state index in [4.69, 9.17) is 0 Å². The minimum absolute atomic E-state index is 0.236. The van der Waals surface area contributed by atoms with Crippen LogP contribution < -0.4 is 10.6 Å². The highest BCUT2D eigenvalue weighted by Crippen LogP contribution is 2.10. The molecule has 2 heterocycles. The van der Waals surface area contributed by atoms with Gasteiger partial charge in [-0.25, -0.2) is 4.39 Å². The molecule has 1 aromatic carbocycles. The Morgan fingerprint density at radius 3 is 2.50 bits per heavy atom. The molecule has 0 aliphatic carbocycles. The summed E-state index contributed by atoms with van der Waals surface area (Å²) in [4.78, 5) is 20.3. The normalized spacial score (nSPS) is 10.3. The van der Waals surface area contributed by atoms with Crippen LogP contribution in [0.3, 0.4) is 0 Å². The topological polar surface area (TPSA) is 66.9 Å². The van der Waals surface area contributed by atoms with Crippen LogP contribution in [-0.4, -0.2) is 22.4 Å². The maximum atomic E-state index is 12.9. The van der Waals surface area contributed by atoms with Gasteiger partial charge in [0.2, 0.25) is 0 Å². The summed E-state index contributed by atoms with van der Waals surface area (Å²) in [5.74, 6) is -0.502. The predicted molar refractivity (Wildman–Crippen MR) is 98.2 cm³/mol. The number of rotatable bonds is 7. The lowest BCUT2D eigenvalue weighted by atomic mass is 10.1. The van der Waals surface area contributed by atoms with E-state index >= 15 is 0 Å². The number of hydrogen-bond donors (Lipinski definition) is 2. The van der Waals surface area contributed by atoms with E-state index in [-0.39, 0.29) is 11.7 Å².